The number of ether oxygens (including phenoxy) is 1. The third kappa shape index (κ3) is 4.35. The number of aliphatic hydroxyl groups excluding tert-OH is 1. The van der Waals surface area contributed by atoms with Crippen LogP contribution in [0.3, 0.4) is 0 Å². The largest absolute Gasteiger partial charge is 0.508 e. The highest BCUT2D eigenvalue weighted by molar-refractivity contribution is 6.30. The van der Waals surface area contributed by atoms with Crippen LogP contribution in [0.5, 0.6) is 11.5 Å². The Labute approximate surface area is 150 Å². The van der Waals surface area contributed by atoms with E-state index in [0.29, 0.717) is 23.9 Å². The summed E-state index contributed by atoms with van der Waals surface area (Å²) in [7, 11) is 0. The fourth-order valence-electron chi connectivity index (χ4n) is 2.65. The first-order chi connectivity index (χ1) is 12.0. The molecule has 0 radical (unpaired) electrons. The molecular weight excluding hydrogens is 344 g/mol. The number of hydrogen-bond donors (Lipinski definition) is 2. The van der Waals surface area contributed by atoms with Gasteiger partial charge in [-0.05, 0) is 48.5 Å². The molecule has 1 atom stereocenters. The summed E-state index contributed by atoms with van der Waals surface area (Å²) in [6, 6.07) is 13.2. The number of phenolic OH excluding ortho intramolecular Hbond substituents is 1. The molecule has 6 nitrogen and oxygen atoms in total. The van der Waals surface area contributed by atoms with Crippen LogP contribution in [0, 0.1) is 0 Å². The number of amides is 2. The molecule has 1 unspecified atom stereocenters. The van der Waals surface area contributed by atoms with E-state index in [4.69, 9.17) is 16.3 Å². The minimum absolute atomic E-state index is 0.0650. The number of benzene rings is 2. The van der Waals surface area contributed by atoms with E-state index in [1.54, 1.807) is 46.2 Å². The molecule has 1 saturated heterocycles. The lowest BCUT2D eigenvalue weighted by atomic mass is 10.3. The number of β-amino-alcohol motifs (C(OH)–C–C–N with tert-alkyl or cyclic N) is 1. The number of urea groups is 1. The van der Waals surface area contributed by atoms with Crippen molar-refractivity contribution in [1.82, 2.24) is 4.90 Å². The maximum atomic E-state index is 12.5. The first kappa shape index (κ1) is 17.4. The minimum Gasteiger partial charge on any atom is -0.508 e. The molecule has 2 aromatic carbocycles. The van der Waals surface area contributed by atoms with Gasteiger partial charge in [-0.1, -0.05) is 11.6 Å². The van der Waals surface area contributed by atoms with Gasteiger partial charge in [-0.2, -0.15) is 0 Å². The lowest BCUT2D eigenvalue weighted by molar-refractivity contribution is 0.0828. The number of phenols is 1. The standard InChI is InChI=1S/C18H19ClN2O4/c19-13-1-3-14(4-2-13)21-10-9-20(18(21)24)11-16(23)12-25-17-7-5-15(22)6-8-17/h1-8,16,22-23H,9-12H2. The Hall–Kier alpha value is -2.44. The number of aliphatic hydroxyl groups is 1. The molecule has 0 spiro atoms. The molecule has 2 aromatic rings. The molecule has 1 heterocycles. The summed E-state index contributed by atoms with van der Waals surface area (Å²) < 4.78 is 5.47. The number of carbonyl (C=O) groups is 1. The average molecular weight is 363 g/mol. The SMILES string of the molecule is O=C1N(CC(O)COc2ccc(O)cc2)CCN1c1ccc(Cl)cc1. The second-order valence-electron chi connectivity index (χ2n) is 5.82. The first-order valence-corrected chi connectivity index (χ1v) is 8.32. The van der Waals surface area contributed by atoms with Crippen molar-refractivity contribution < 1.29 is 19.7 Å². The Balaban J connectivity index is 1.51. The van der Waals surface area contributed by atoms with Crippen molar-refractivity contribution in [2.75, 3.05) is 31.1 Å². The average Bonchev–Trinajstić information content (AvgIpc) is 2.96. The molecule has 25 heavy (non-hydrogen) atoms. The van der Waals surface area contributed by atoms with E-state index < -0.39 is 6.10 Å². The Kier molecular flexibility index (Phi) is 5.31. The lowest BCUT2D eigenvalue weighted by Gasteiger charge is -2.21. The molecule has 3 rings (SSSR count). The van der Waals surface area contributed by atoms with Gasteiger partial charge in [-0.3, -0.25) is 4.90 Å². The van der Waals surface area contributed by atoms with Crippen molar-refractivity contribution in [3.05, 3.63) is 53.6 Å². The van der Waals surface area contributed by atoms with Gasteiger partial charge in [0.05, 0.1) is 6.54 Å². The monoisotopic (exact) mass is 362 g/mol. The summed E-state index contributed by atoms with van der Waals surface area (Å²) in [5.41, 5.74) is 0.784. The van der Waals surface area contributed by atoms with Crippen LogP contribution in [-0.4, -0.2) is 53.5 Å². The molecule has 0 aromatic heterocycles. The van der Waals surface area contributed by atoms with Crippen LogP contribution in [0.4, 0.5) is 10.5 Å². The fourth-order valence-corrected chi connectivity index (χ4v) is 2.78. The van der Waals surface area contributed by atoms with Crippen molar-refractivity contribution in [3.8, 4) is 11.5 Å². The highest BCUT2D eigenvalue weighted by Crippen LogP contribution is 2.22. The van der Waals surface area contributed by atoms with Crippen molar-refractivity contribution >= 4 is 23.3 Å². The van der Waals surface area contributed by atoms with E-state index in [2.05, 4.69) is 0 Å². The van der Waals surface area contributed by atoms with Crippen LogP contribution in [0.1, 0.15) is 0 Å². The lowest BCUT2D eigenvalue weighted by Crippen LogP contribution is -2.39. The Morgan fingerprint density at radius 1 is 1.08 bits per heavy atom. The van der Waals surface area contributed by atoms with E-state index in [1.807, 2.05) is 0 Å². The maximum Gasteiger partial charge on any atom is 0.324 e. The van der Waals surface area contributed by atoms with Crippen LogP contribution < -0.4 is 9.64 Å². The molecule has 1 aliphatic rings. The van der Waals surface area contributed by atoms with E-state index in [9.17, 15) is 15.0 Å². The van der Waals surface area contributed by atoms with Crippen molar-refractivity contribution in [3.63, 3.8) is 0 Å². The summed E-state index contributed by atoms with van der Waals surface area (Å²) in [4.78, 5) is 15.7. The van der Waals surface area contributed by atoms with Gasteiger partial charge in [0.2, 0.25) is 0 Å². The van der Waals surface area contributed by atoms with E-state index in [1.165, 1.54) is 12.1 Å². The highest BCUT2D eigenvalue weighted by Gasteiger charge is 2.30. The van der Waals surface area contributed by atoms with E-state index >= 15 is 0 Å². The summed E-state index contributed by atoms with van der Waals surface area (Å²) in [6.45, 7) is 1.36. The van der Waals surface area contributed by atoms with Crippen molar-refractivity contribution in [2.24, 2.45) is 0 Å². The number of nitrogens with zero attached hydrogens (tertiary/aromatic N) is 2. The normalized spacial score (nSPS) is 15.5. The molecule has 2 N–H and O–H groups in total. The third-order valence-corrected chi connectivity index (χ3v) is 4.20. The van der Waals surface area contributed by atoms with Gasteiger partial charge >= 0.3 is 6.03 Å². The zero-order chi connectivity index (χ0) is 17.8. The van der Waals surface area contributed by atoms with Gasteiger partial charge in [-0.25, -0.2) is 4.79 Å². The molecule has 7 heteroatoms. The number of hydrogen-bond acceptors (Lipinski definition) is 4. The fraction of sp³-hybridized carbons (Fsp3) is 0.278. The Bertz CT molecular complexity index is 721. The topological polar surface area (TPSA) is 73.2 Å². The minimum atomic E-state index is -0.803. The molecule has 0 bridgehead atoms. The third-order valence-electron chi connectivity index (χ3n) is 3.94. The maximum absolute atomic E-state index is 12.5. The predicted octanol–water partition coefficient (Wildman–Crippen LogP) is 2.73. The second kappa shape index (κ2) is 7.63. The van der Waals surface area contributed by atoms with Gasteiger partial charge in [0.15, 0.2) is 0 Å². The van der Waals surface area contributed by atoms with Crippen LogP contribution >= 0.6 is 11.6 Å². The first-order valence-electron chi connectivity index (χ1n) is 7.95. The molecule has 0 aliphatic carbocycles. The number of rotatable bonds is 6. The summed E-state index contributed by atoms with van der Waals surface area (Å²) >= 11 is 5.87. The number of halogens is 1. The van der Waals surface area contributed by atoms with E-state index in [0.717, 1.165) is 5.69 Å². The molecule has 1 fully saturated rings. The molecule has 2 amide bonds. The number of aromatic hydroxyl groups is 1. The zero-order valence-electron chi connectivity index (χ0n) is 13.5. The molecule has 132 valence electrons. The quantitative estimate of drug-likeness (QED) is 0.828. The van der Waals surface area contributed by atoms with Crippen LogP contribution in [0.25, 0.3) is 0 Å². The van der Waals surface area contributed by atoms with Crippen LogP contribution in [0.15, 0.2) is 48.5 Å². The second-order valence-corrected chi connectivity index (χ2v) is 6.25. The summed E-state index contributed by atoms with van der Waals surface area (Å²) in [5.74, 6) is 0.699. The van der Waals surface area contributed by atoms with Gasteiger partial charge in [0.1, 0.15) is 24.2 Å². The Morgan fingerprint density at radius 2 is 1.76 bits per heavy atom. The van der Waals surface area contributed by atoms with Crippen molar-refractivity contribution in [2.45, 2.75) is 6.10 Å². The molecule has 1 aliphatic heterocycles. The number of carbonyl (C=O) groups excluding carboxylic acids is 1. The predicted molar refractivity (Wildman–Crippen MR) is 95.4 cm³/mol. The van der Waals surface area contributed by atoms with Gasteiger partial charge < -0.3 is 19.8 Å². The molecular formula is C18H19ClN2O4. The highest BCUT2D eigenvalue weighted by atomic mass is 35.5. The summed E-state index contributed by atoms with van der Waals surface area (Å²) in [5, 5.41) is 20.0. The van der Waals surface area contributed by atoms with Crippen LogP contribution in [-0.2, 0) is 0 Å². The van der Waals surface area contributed by atoms with Gasteiger partial charge in [0, 0.05) is 23.8 Å². The zero-order valence-corrected chi connectivity index (χ0v) is 14.3. The smallest absolute Gasteiger partial charge is 0.324 e. The summed E-state index contributed by atoms with van der Waals surface area (Å²) in [6.07, 6.45) is -0.803. The Morgan fingerprint density at radius 3 is 2.44 bits per heavy atom. The van der Waals surface area contributed by atoms with Gasteiger partial charge in [-0.15, -0.1) is 0 Å². The van der Waals surface area contributed by atoms with Gasteiger partial charge in [0.25, 0.3) is 0 Å². The molecule has 0 saturated carbocycles. The van der Waals surface area contributed by atoms with Crippen molar-refractivity contribution in [1.29, 1.82) is 0 Å². The number of anilines is 1. The van der Waals surface area contributed by atoms with Crippen LogP contribution in [0.2, 0.25) is 5.02 Å². The van der Waals surface area contributed by atoms with E-state index in [-0.39, 0.29) is 24.9 Å².